The molecule has 0 unspecified atom stereocenters. The Morgan fingerprint density at radius 2 is 1.68 bits per heavy atom. The number of hydrogen-bond donors (Lipinski definition) is 0. The monoisotopic (exact) mass is 430 g/mol. The number of carbonyl (C=O) groups excluding carboxylic acids is 2. The third kappa shape index (κ3) is 5.81. The quantitative estimate of drug-likeness (QED) is 0.656. The van der Waals surface area contributed by atoms with Gasteiger partial charge in [0.15, 0.2) is 11.5 Å². The highest BCUT2D eigenvalue weighted by atomic mass is 19.3. The van der Waals surface area contributed by atoms with Gasteiger partial charge in [0, 0.05) is 43.4 Å². The second-order valence-corrected chi connectivity index (χ2v) is 6.93. The molecule has 2 aromatic carbocycles. The Bertz CT molecular complexity index is 934. The van der Waals surface area contributed by atoms with Crippen LogP contribution in [0.2, 0.25) is 0 Å². The lowest BCUT2D eigenvalue weighted by atomic mass is 10.1. The van der Waals surface area contributed by atoms with Crippen LogP contribution >= 0.6 is 0 Å². The predicted molar refractivity (Wildman–Crippen MR) is 112 cm³/mol. The number of carbonyl (C=O) groups is 2. The molecule has 1 aliphatic heterocycles. The summed E-state index contributed by atoms with van der Waals surface area (Å²) in [7, 11) is 1.35. The van der Waals surface area contributed by atoms with E-state index in [4.69, 9.17) is 4.74 Å². The molecule has 164 valence electrons. The van der Waals surface area contributed by atoms with Crippen LogP contribution in [0.25, 0.3) is 6.08 Å². The molecule has 0 aromatic heterocycles. The third-order valence-electron chi connectivity index (χ3n) is 4.96. The zero-order valence-corrected chi connectivity index (χ0v) is 17.2. The van der Waals surface area contributed by atoms with Gasteiger partial charge in [-0.3, -0.25) is 9.59 Å². The number of alkyl halides is 2. The zero-order chi connectivity index (χ0) is 22.2. The first-order chi connectivity index (χ1) is 15.0. The Balaban J connectivity index is 1.66. The largest absolute Gasteiger partial charge is 0.493 e. The van der Waals surface area contributed by atoms with Gasteiger partial charge < -0.3 is 19.3 Å². The molecule has 2 amide bonds. The van der Waals surface area contributed by atoms with Crippen molar-refractivity contribution in [1.29, 1.82) is 0 Å². The van der Waals surface area contributed by atoms with Gasteiger partial charge in [0.05, 0.1) is 7.11 Å². The fourth-order valence-corrected chi connectivity index (χ4v) is 3.41. The second kappa shape index (κ2) is 10.6. The first kappa shape index (κ1) is 22.3. The van der Waals surface area contributed by atoms with Gasteiger partial charge in [0.25, 0.3) is 5.91 Å². The summed E-state index contributed by atoms with van der Waals surface area (Å²) >= 11 is 0. The molecule has 3 rings (SSSR count). The minimum Gasteiger partial charge on any atom is -0.493 e. The number of amides is 2. The molecule has 0 aliphatic carbocycles. The molecular formula is C23H24F2N2O4. The van der Waals surface area contributed by atoms with E-state index in [-0.39, 0.29) is 23.3 Å². The number of halogens is 2. The van der Waals surface area contributed by atoms with Crippen molar-refractivity contribution in [2.24, 2.45) is 0 Å². The highest BCUT2D eigenvalue weighted by Gasteiger charge is 2.22. The molecule has 6 nitrogen and oxygen atoms in total. The number of rotatable bonds is 6. The first-order valence-corrected chi connectivity index (χ1v) is 9.92. The Kier molecular flexibility index (Phi) is 7.59. The minimum atomic E-state index is -3.02. The Hall–Kier alpha value is -3.42. The Morgan fingerprint density at radius 3 is 2.39 bits per heavy atom. The van der Waals surface area contributed by atoms with Crippen molar-refractivity contribution in [2.45, 2.75) is 13.0 Å². The van der Waals surface area contributed by atoms with Gasteiger partial charge in [0.2, 0.25) is 5.91 Å². The standard InChI is InChI=1S/C23H24F2N2O4/c1-30-19-10-5-9-17(21(19)31-23(24)25)11-12-20(28)26-13-6-14-27(16-15-26)22(29)18-7-3-2-4-8-18/h2-5,7-12,23H,6,13-16H2,1H3/b12-11+. The van der Waals surface area contributed by atoms with E-state index >= 15 is 0 Å². The molecule has 0 saturated carbocycles. The predicted octanol–water partition coefficient (Wildman–Crippen LogP) is 3.68. The number of methoxy groups -OCH3 is 1. The average molecular weight is 430 g/mol. The van der Waals surface area contributed by atoms with Crippen molar-refractivity contribution in [3.8, 4) is 11.5 Å². The Morgan fingerprint density at radius 1 is 0.968 bits per heavy atom. The summed E-state index contributed by atoms with van der Waals surface area (Å²) in [5.41, 5.74) is 0.926. The summed E-state index contributed by atoms with van der Waals surface area (Å²) in [4.78, 5) is 28.7. The van der Waals surface area contributed by atoms with Crippen molar-refractivity contribution in [1.82, 2.24) is 9.80 Å². The van der Waals surface area contributed by atoms with Gasteiger partial charge in [-0.25, -0.2) is 0 Å². The highest BCUT2D eigenvalue weighted by Crippen LogP contribution is 2.33. The molecule has 1 aliphatic rings. The average Bonchev–Trinajstić information content (AvgIpc) is 3.04. The molecule has 31 heavy (non-hydrogen) atoms. The molecule has 1 heterocycles. The lowest BCUT2D eigenvalue weighted by Gasteiger charge is -2.21. The van der Waals surface area contributed by atoms with Crippen LogP contribution in [0.1, 0.15) is 22.3 Å². The van der Waals surface area contributed by atoms with Crippen LogP contribution in [0.4, 0.5) is 8.78 Å². The smallest absolute Gasteiger partial charge is 0.387 e. The molecule has 0 bridgehead atoms. The zero-order valence-electron chi connectivity index (χ0n) is 17.2. The third-order valence-corrected chi connectivity index (χ3v) is 4.96. The molecule has 8 heteroatoms. The molecule has 0 spiro atoms. The molecular weight excluding hydrogens is 406 g/mol. The normalized spacial score (nSPS) is 14.6. The van der Waals surface area contributed by atoms with Crippen molar-refractivity contribution >= 4 is 17.9 Å². The van der Waals surface area contributed by atoms with E-state index in [0.29, 0.717) is 43.7 Å². The van der Waals surface area contributed by atoms with Crippen molar-refractivity contribution in [2.75, 3.05) is 33.3 Å². The summed E-state index contributed by atoms with van der Waals surface area (Å²) in [6.07, 6.45) is 3.40. The summed E-state index contributed by atoms with van der Waals surface area (Å²) in [5, 5.41) is 0. The van der Waals surface area contributed by atoms with E-state index in [9.17, 15) is 18.4 Å². The molecule has 0 N–H and O–H groups in total. The number of para-hydroxylation sites is 1. The maximum absolute atomic E-state index is 12.8. The molecule has 1 saturated heterocycles. The van der Waals surface area contributed by atoms with E-state index in [1.807, 2.05) is 18.2 Å². The van der Waals surface area contributed by atoms with E-state index < -0.39 is 6.61 Å². The molecule has 2 aromatic rings. The van der Waals surface area contributed by atoms with Crippen LogP contribution in [-0.4, -0.2) is 61.5 Å². The number of hydrogen-bond acceptors (Lipinski definition) is 4. The molecule has 1 fully saturated rings. The topological polar surface area (TPSA) is 59.1 Å². The summed E-state index contributed by atoms with van der Waals surface area (Å²) in [5.74, 6) is -0.297. The van der Waals surface area contributed by atoms with Gasteiger partial charge in [-0.2, -0.15) is 8.78 Å². The summed E-state index contributed by atoms with van der Waals surface area (Å²) in [6.45, 7) is -1.14. The van der Waals surface area contributed by atoms with E-state index in [2.05, 4.69) is 4.74 Å². The van der Waals surface area contributed by atoms with Gasteiger partial charge in [0.1, 0.15) is 0 Å². The maximum Gasteiger partial charge on any atom is 0.387 e. The van der Waals surface area contributed by atoms with Gasteiger partial charge >= 0.3 is 6.61 Å². The van der Waals surface area contributed by atoms with E-state index in [1.54, 1.807) is 34.1 Å². The number of benzene rings is 2. The van der Waals surface area contributed by atoms with Crippen molar-refractivity contribution in [3.63, 3.8) is 0 Å². The van der Waals surface area contributed by atoms with Crippen molar-refractivity contribution in [3.05, 3.63) is 65.7 Å². The summed E-state index contributed by atoms with van der Waals surface area (Å²) in [6, 6.07) is 13.7. The van der Waals surface area contributed by atoms with Crippen LogP contribution in [0.3, 0.4) is 0 Å². The highest BCUT2D eigenvalue weighted by molar-refractivity contribution is 5.94. The first-order valence-electron chi connectivity index (χ1n) is 9.92. The van der Waals surface area contributed by atoms with Crippen LogP contribution in [-0.2, 0) is 4.79 Å². The Labute approximate surface area is 179 Å². The summed E-state index contributed by atoms with van der Waals surface area (Å²) < 4.78 is 35.2. The molecule has 0 radical (unpaired) electrons. The lowest BCUT2D eigenvalue weighted by molar-refractivity contribution is -0.125. The second-order valence-electron chi connectivity index (χ2n) is 6.93. The number of nitrogens with zero attached hydrogens (tertiary/aromatic N) is 2. The SMILES string of the molecule is COc1cccc(/C=C/C(=O)N2CCCN(C(=O)c3ccccc3)CC2)c1OC(F)F. The van der Waals surface area contributed by atoms with Crippen LogP contribution in [0.15, 0.2) is 54.6 Å². The van der Waals surface area contributed by atoms with E-state index in [0.717, 1.165) is 0 Å². The maximum atomic E-state index is 12.8. The fraction of sp³-hybridized carbons (Fsp3) is 0.304. The molecule has 0 atom stereocenters. The lowest BCUT2D eigenvalue weighted by Crippen LogP contribution is -2.36. The van der Waals surface area contributed by atoms with Crippen molar-refractivity contribution < 1.29 is 27.8 Å². The van der Waals surface area contributed by atoms with Crippen LogP contribution in [0.5, 0.6) is 11.5 Å². The van der Waals surface area contributed by atoms with Crippen LogP contribution < -0.4 is 9.47 Å². The van der Waals surface area contributed by atoms with Gasteiger partial charge in [-0.05, 0) is 30.7 Å². The van der Waals surface area contributed by atoms with Gasteiger partial charge in [-0.1, -0.05) is 30.3 Å². The van der Waals surface area contributed by atoms with E-state index in [1.165, 1.54) is 25.3 Å². The fourth-order valence-electron chi connectivity index (χ4n) is 3.41. The van der Waals surface area contributed by atoms with Gasteiger partial charge in [-0.15, -0.1) is 0 Å². The number of ether oxygens (including phenoxy) is 2. The minimum absolute atomic E-state index is 0.0596. The van der Waals surface area contributed by atoms with Crippen LogP contribution in [0, 0.1) is 0 Å².